The second-order valence-electron chi connectivity index (χ2n) is 5.76. The number of carbonyl (C=O) groups excluding carboxylic acids is 1. The summed E-state index contributed by atoms with van der Waals surface area (Å²) in [5.74, 6) is 1.06. The highest BCUT2D eigenvalue weighted by Crippen LogP contribution is 2.33. The topological polar surface area (TPSA) is 52.6 Å². The number of rotatable bonds is 7. The molecule has 1 amide bonds. The summed E-state index contributed by atoms with van der Waals surface area (Å²) in [6.45, 7) is 3.83. The van der Waals surface area contributed by atoms with Crippen LogP contribution in [0.2, 0.25) is 0 Å². The molecule has 0 atom stereocenters. The van der Waals surface area contributed by atoms with Crippen molar-refractivity contribution in [3.63, 3.8) is 0 Å². The van der Waals surface area contributed by atoms with E-state index in [1.54, 1.807) is 0 Å². The van der Waals surface area contributed by atoms with Crippen molar-refractivity contribution in [2.75, 3.05) is 26.2 Å². The fraction of sp³-hybridized carbons (Fsp3) is 0.929. The summed E-state index contributed by atoms with van der Waals surface area (Å²) < 4.78 is 0. The van der Waals surface area contributed by atoms with E-state index < -0.39 is 0 Å². The van der Waals surface area contributed by atoms with Gasteiger partial charge in [0.25, 0.3) is 0 Å². The van der Waals surface area contributed by atoms with Gasteiger partial charge in [0, 0.05) is 26.1 Å². The molecule has 1 aliphatic carbocycles. The van der Waals surface area contributed by atoms with Crippen LogP contribution in [-0.4, -0.2) is 48.2 Å². The number of aliphatic hydroxyl groups excluding tert-OH is 1. The molecule has 2 rings (SSSR count). The van der Waals surface area contributed by atoms with Gasteiger partial charge in [-0.3, -0.25) is 4.79 Å². The van der Waals surface area contributed by atoms with Gasteiger partial charge in [-0.2, -0.15) is 0 Å². The Balaban J connectivity index is 1.43. The molecule has 0 unspecified atom stereocenters. The van der Waals surface area contributed by atoms with Gasteiger partial charge in [0.2, 0.25) is 5.91 Å². The Morgan fingerprint density at radius 1 is 1.22 bits per heavy atom. The zero-order valence-corrected chi connectivity index (χ0v) is 11.2. The molecule has 18 heavy (non-hydrogen) atoms. The zero-order chi connectivity index (χ0) is 12.8. The first kappa shape index (κ1) is 13.8. The fourth-order valence-corrected chi connectivity index (χ4v) is 2.50. The fourth-order valence-electron chi connectivity index (χ4n) is 2.50. The lowest BCUT2D eigenvalue weighted by Crippen LogP contribution is -2.37. The van der Waals surface area contributed by atoms with E-state index in [1.165, 1.54) is 12.8 Å². The third-order valence-electron chi connectivity index (χ3n) is 4.01. The summed E-state index contributed by atoms with van der Waals surface area (Å²) in [7, 11) is 0. The van der Waals surface area contributed by atoms with Crippen LogP contribution in [0.5, 0.6) is 0 Å². The summed E-state index contributed by atoms with van der Waals surface area (Å²) in [6.07, 6.45) is 7.16. The van der Waals surface area contributed by atoms with Crippen molar-refractivity contribution >= 4 is 5.91 Å². The van der Waals surface area contributed by atoms with Crippen molar-refractivity contribution in [3.8, 4) is 0 Å². The van der Waals surface area contributed by atoms with Crippen molar-refractivity contribution in [1.82, 2.24) is 10.2 Å². The van der Waals surface area contributed by atoms with Gasteiger partial charge in [-0.1, -0.05) is 12.8 Å². The van der Waals surface area contributed by atoms with E-state index in [-0.39, 0.29) is 12.0 Å². The number of nitrogens with one attached hydrogen (secondary N) is 1. The molecule has 4 nitrogen and oxygen atoms in total. The predicted molar refractivity (Wildman–Crippen MR) is 71.3 cm³/mol. The summed E-state index contributed by atoms with van der Waals surface area (Å²) in [5, 5.41) is 12.4. The molecule has 2 N–H and O–H groups in total. The lowest BCUT2D eigenvalue weighted by atomic mass is 10.1. The van der Waals surface area contributed by atoms with E-state index in [9.17, 15) is 9.90 Å². The maximum absolute atomic E-state index is 11.5. The van der Waals surface area contributed by atoms with Crippen LogP contribution < -0.4 is 5.32 Å². The van der Waals surface area contributed by atoms with E-state index in [2.05, 4.69) is 10.2 Å². The molecule has 0 aromatic carbocycles. The SMILES string of the molecule is O=C(CCC1CC1)NCCCN1CCC(O)CC1. The van der Waals surface area contributed by atoms with Gasteiger partial charge in [0.1, 0.15) is 0 Å². The Kier molecular flexibility index (Phi) is 5.45. The summed E-state index contributed by atoms with van der Waals surface area (Å²) in [4.78, 5) is 13.9. The highest BCUT2D eigenvalue weighted by atomic mass is 16.3. The Morgan fingerprint density at radius 2 is 1.94 bits per heavy atom. The number of likely N-dealkylation sites (tertiary alicyclic amines) is 1. The highest BCUT2D eigenvalue weighted by molar-refractivity contribution is 5.75. The molecule has 4 heteroatoms. The smallest absolute Gasteiger partial charge is 0.220 e. The third-order valence-corrected chi connectivity index (χ3v) is 4.01. The second kappa shape index (κ2) is 7.10. The number of piperidine rings is 1. The van der Waals surface area contributed by atoms with Gasteiger partial charge in [0.15, 0.2) is 0 Å². The molecule has 1 saturated heterocycles. The minimum absolute atomic E-state index is 0.0941. The Hall–Kier alpha value is -0.610. The van der Waals surface area contributed by atoms with Crippen LogP contribution in [0.1, 0.15) is 44.9 Å². The predicted octanol–water partition coefficient (Wildman–Crippen LogP) is 1.14. The number of amides is 1. The van der Waals surface area contributed by atoms with Crippen molar-refractivity contribution in [2.24, 2.45) is 5.92 Å². The van der Waals surface area contributed by atoms with Crippen molar-refractivity contribution in [1.29, 1.82) is 0 Å². The van der Waals surface area contributed by atoms with Gasteiger partial charge in [-0.05, 0) is 38.1 Å². The lowest BCUT2D eigenvalue weighted by molar-refractivity contribution is -0.121. The first-order chi connectivity index (χ1) is 8.74. The molecule has 0 aromatic heterocycles. The first-order valence-corrected chi connectivity index (χ1v) is 7.41. The standard InChI is InChI=1S/C14H26N2O2/c17-13-6-10-16(11-7-13)9-1-8-15-14(18)5-4-12-2-3-12/h12-13,17H,1-11H2,(H,15,18). The molecule has 0 spiro atoms. The van der Waals surface area contributed by atoms with E-state index in [4.69, 9.17) is 0 Å². The van der Waals surface area contributed by atoms with Crippen LogP contribution >= 0.6 is 0 Å². The molecule has 0 aromatic rings. The highest BCUT2D eigenvalue weighted by Gasteiger charge is 2.21. The Bertz CT molecular complexity index is 259. The van der Waals surface area contributed by atoms with Crippen molar-refractivity contribution in [3.05, 3.63) is 0 Å². The van der Waals surface area contributed by atoms with Crippen LogP contribution in [0.15, 0.2) is 0 Å². The molecule has 2 aliphatic rings. The van der Waals surface area contributed by atoms with Gasteiger partial charge in [-0.25, -0.2) is 0 Å². The van der Waals surface area contributed by atoms with Crippen LogP contribution in [0, 0.1) is 5.92 Å². The van der Waals surface area contributed by atoms with Crippen LogP contribution in [-0.2, 0) is 4.79 Å². The van der Waals surface area contributed by atoms with Gasteiger partial charge < -0.3 is 15.3 Å². The third kappa shape index (κ3) is 5.36. The van der Waals surface area contributed by atoms with E-state index >= 15 is 0 Å². The van der Waals surface area contributed by atoms with E-state index in [0.717, 1.165) is 57.8 Å². The minimum Gasteiger partial charge on any atom is -0.393 e. The Labute approximate surface area is 110 Å². The number of hydrogen-bond donors (Lipinski definition) is 2. The van der Waals surface area contributed by atoms with Gasteiger partial charge >= 0.3 is 0 Å². The Morgan fingerprint density at radius 3 is 2.61 bits per heavy atom. The first-order valence-electron chi connectivity index (χ1n) is 7.41. The van der Waals surface area contributed by atoms with Crippen LogP contribution in [0.25, 0.3) is 0 Å². The molecule has 0 radical (unpaired) electrons. The quantitative estimate of drug-likeness (QED) is 0.670. The van der Waals surface area contributed by atoms with Gasteiger partial charge in [-0.15, -0.1) is 0 Å². The molecule has 2 fully saturated rings. The number of hydrogen-bond acceptors (Lipinski definition) is 3. The largest absolute Gasteiger partial charge is 0.393 e. The molecule has 1 aliphatic heterocycles. The lowest BCUT2D eigenvalue weighted by Gasteiger charge is -2.29. The molecular formula is C14H26N2O2. The molecule has 1 saturated carbocycles. The van der Waals surface area contributed by atoms with Crippen LogP contribution in [0.4, 0.5) is 0 Å². The summed E-state index contributed by atoms with van der Waals surface area (Å²) in [5.41, 5.74) is 0. The maximum Gasteiger partial charge on any atom is 0.220 e. The zero-order valence-electron chi connectivity index (χ0n) is 11.2. The van der Waals surface area contributed by atoms with Crippen molar-refractivity contribution in [2.45, 2.75) is 51.0 Å². The second-order valence-corrected chi connectivity index (χ2v) is 5.76. The number of carbonyl (C=O) groups is 1. The average Bonchev–Trinajstić information content (AvgIpc) is 3.18. The van der Waals surface area contributed by atoms with E-state index in [1.807, 2.05) is 0 Å². The average molecular weight is 254 g/mol. The number of aliphatic hydroxyl groups is 1. The van der Waals surface area contributed by atoms with Crippen LogP contribution in [0.3, 0.4) is 0 Å². The monoisotopic (exact) mass is 254 g/mol. The van der Waals surface area contributed by atoms with Crippen molar-refractivity contribution < 1.29 is 9.90 Å². The molecule has 0 bridgehead atoms. The van der Waals surface area contributed by atoms with E-state index in [0.29, 0.717) is 6.42 Å². The molecule has 104 valence electrons. The summed E-state index contributed by atoms with van der Waals surface area (Å²) >= 11 is 0. The normalized spacial score (nSPS) is 22.1. The minimum atomic E-state index is -0.0941. The molecular weight excluding hydrogens is 228 g/mol. The van der Waals surface area contributed by atoms with Gasteiger partial charge in [0.05, 0.1) is 6.10 Å². The summed E-state index contributed by atoms with van der Waals surface area (Å²) in [6, 6.07) is 0. The molecule has 1 heterocycles. The maximum atomic E-state index is 11.5. The number of nitrogens with zero attached hydrogens (tertiary/aromatic N) is 1.